The monoisotopic (exact) mass is 466 g/mol. The molecule has 0 aromatic rings. The topological polar surface area (TPSA) is 0 Å². The van der Waals surface area contributed by atoms with Crippen molar-refractivity contribution < 1.29 is 111 Å². The summed E-state index contributed by atoms with van der Waals surface area (Å²) in [4.78, 5) is 0. The SMILES string of the molecule is [Ba+2].[Cl-].[Cl-].[Cl-].[Cl-].[Cl-].[Eu+3]. The fourth-order valence-corrected chi connectivity index (χ4v) is 0. The molecule has 0 aliphatic rings. The van der Waals surface area contributed by atoms with E-state index in [0.29, 0.717) is 0 Å². The smallest absolute Gasteiger partial charge is 1.00 e. The first-order chi connectivity index (χ1) is 0. The zero-order valence-corrected chi connectivity index (χ0v) is 13.6. The second-order valence-corrected chi connectivity index (χ2v) is 0. The quantitative estimate of drug-likeness (QED) is 0.311. The molecule has 7 heavy (non-hydrogen) atoms. The molecule has 0 unspecified atom stereocenters. The molecule has 0 aliphatic heterocycles. The van der Waals surface area contributed by atoms with Crippen molar-refractivity contribution in [2.24, 2.45) is 0 Å². The Morgan fingerprint density at radius 2 is 0.429 bits per heavy atom. The predicted octanol–water partition coefficient (Wildman–Crippen LogP) is -15.4. The molecule has 0 saturated heterocycles. The molecule has 0 spiro atoms. The number of halogens is 5. The summed E-state index contributed by atoms with van der Waals surface area (Å²) >= 11 is 0. The predicted molar refractivity (Wildman–Crippen MR) is 5.75 cm³/mol. The second-order valence-electron chi connectivity index (χ2n) is 0. The molecule has 0 radical (unpaired) electrons. The van der Waals surface area contributed by atoms with Gasteiger partial charge in [0.15, 0.2) is 0 Å². The van der Waals surface area contributed by atoms with E-state index >= 15 is 0 Å². The van der Waals surface area contributed by atoms with Gasteiger partial charge in [0.2, 0.25) is 0 Å². The first kappa shape index (κ1) is 61.5. The Labute approximate surface area is 156 Å². The molecule has 0 bridgehead atoms. The minimum Gasteiger partial charge on any atom is -1.00 e. The van der Waals surface area contributed by atoms with Gasteiger partial charge in [-0.1, -0.05) is 0 Å². The summed E-state index contributed by atoms with van der Waals surface area (Å²) in [6, 6.07) is 0. The maximum Gasteiger partial charge on any atom is 3.00 e. The molecule has 0 atom stereocenters. The summed E-state index contributed by atoms with van der Waals surface area (Å²) in [6.45, 7) is 0. The van der Waals surface area contributed by atoms with Crippen LogP contribution < -0.4 is 62.0 Å². The zero-order valence-electron chi connectivity index (χ0n) is 2.97. The van der Waals surface area contributed by atoms with E-state index in [4.69, 9.17) is 0 Å². The molecule has 0 heterocycles. The van der Waals surface area contributed by atoms with Crippen LogP contribution >= 0.6 is 0 Å². The van der Waals surface area contributed by atoms with E-state index in [9.17, 15) is 0 Å². The van der Waals surface area contributed by atoms with Gasteiger partial charge in [-0.15, -0.1) is 0 Å². The van der Waals surface area contributed by atoms with Crippen LogP contribution in [-0.2, 0) is 0 Å². The largest absolute Gasteiger partial charge is 3.00 e. The maximum atomic E-state index is 0. The van der Waals surface area contributed by atoms with Gasteiger partial charge in [0, 0.05) is 0 Å². The van der Waals surface area contributed by atoms with E-state index in [1.54, 1.807) is 0 Å². The van der Waals surface area contributed by atoms with Crippen LogP contribution in [0.2, 0.25) is 0 Å². The first-order valence-electron chi connectivity index (χ1n) is 0. The van der Waals surface area contributed by atoms with Crippen LogP contribution in [0.3, 0.4) is 0 Å². The van der Waals surface area contributed by atoms with E-state index in [-0.39, 0.29) is 160 Å². The number of hydrogen-bond donors (Lipinski definition) is 0. The summed E-state index contributed by atoms with van der Waals surface area (Å²) in [5.41, 5.74) is 0. The zero-order chi connectivity index (χ0) is 0. The Balaban J connectivity index is 0. The van der Waals surface area contributed by atoms with Crippen LogP contribution in [0.25, 0.3) is 0 Å². The van der Waals surface area contributed by atoms with Crippen molar-refractivity contribution in [2.45, 2.75) is 0 Å². The van der Waals surface area contributed by atoms with Crippen molar-refractivity contribution >= 4 is 48.9 Å². The summed E-state index contributed by atoms with van der Waals surface area (Å²) < 4.78 is 0. The van der Waals surface area contributed by atoms with Gasteiger partial charge in [0.05, 0.1) is 0 Å². The van der Waals surface area contributed by atoms with Crippen molar-refractivity contribution in [3.05, 3.63) is 0 Å². The van der Waals surface area contributed by atoms with Crippen molar-refractivity contribution in [2.75, 3.05) is 0 Å². The minimum atomic E-state index is 0. The van der Waals surface area contributed by atoms with Crippen LogP contribution in [0.4, 0.5) is 0 Å². The molecule has 0 N–H and O–H groups in total. The van der Waals surface area contributed by atoms with E-state index in [1.165, 1.54) is 0 Å². The number of rotatable bonds is 0. The van der Waals surface area contributed by atoms with Crippen LogP contribution in [-0.4, -0.2) is 48.9 Å². The molecule has 0 fully saturated rings. The fourth-order valence-electron chi connectivity index (χ4n) is 0. The van der Waals surface area contributed by atoms with Crippen molar-refractivity contribution in [3.63, 3.8) is 0 Å². The van der Waals surface area contributed by atoms with Gasteiger partial charge in [-0.25, -0.2) is 0 Å². The molecular formula is BaCl5Eu. The van der Waals surface area contributed by atoms with Crippen molar-refractivity contribution in [1.82, 2.24) is 0 Å². The standard InChI is InChI=1S/Ba.5ClH.Eu/h;5*1H;/q+2;;;;;;+3/p-5. The first-order valence-corrected chi connectivity index (χ1v) is 0. The Hall–Kier alpha value is 4.61. The van der Waals surface area contributed by atoms with Gasteiger partial charge in [0.25, 0.3) is 0 Å². The summed E-state index contributed by atoms with van der Waals surface area (Å²) in [5.74, 6) is 0. The van der Waals surface area contributed by atoms with E-state index in [2.05, 4.69) is 0 Å². The van der Waals surface area contributed by atoms with Gasteiger partial charge in [-0.2, -0.15) is 0 Å². The van der Waals surface area contributed by atoms with Crippen LogP contribution in [0.15, 0.2) is 0 Å². The van der Waals surface area contributed by atoms with Crippen molar-refractivity contribution in [1.29, 1.82) is 0 Å². The Morgan fingerprint density at radius 3 is 0.429 bits per heavy atom. The van der Waals surface area contributed by atoms with E-state index in [1.807, 2.05) is 0 Å². The minimum absolute atomic E-state index is 0. The van der Waals surface area contributed by atoms with Crippen LogP contribution in [0, 0.1) is 49.4 Å². The summed E-state index contributed by atoms with van der Waals surface area (Å²) in [6.07, 6.45) is 0. The molecule has 0 nitrogen and oxygen atoms in total. The third-order valence-electron chi connectivity index (χ3n) is 0. The molecule has 0 rings (SSSR count). The van der Waals surface area contributed by atoms with Crippen LogP contribution in [0.5, 0.6) is 0 Å². The third-order valence-corrected chi connectivity index (χ3v) is 0. The average Bonchev–Trinajstić information content (AvgIpc) is 0. The molecule has 0 aliphatic carbocycles. The molecule has 0 aromatic heterocycles. The van der Waals surface area contributed by atoms with Gasteiger partial charge >= 0.3 is 98.3 Å². The second kappa shape index (κ2) is 46.1. The van der Waals surface area contributed by atoms with Gasteiger partial charge in [0.1, 0.15) is 0 Å². The summed E-state index contributed by atoms with van der Waals surface area (Å²) in [5, 5.41) is 0. The average molecular weight is 467 g/mol. The molecule has 0 amide bonds. The fraction of sp³-hybridized carbons (Fsp3) is 0. The normalized spacial score (nSPS) is 0. The van der Waals surface area contributed by atoms with Crippen molar-refractivity contribution in [3.8, 4) is 0 Å². The molecular weight excluding hydrogens is 467 g/mol. The molecule has 0 aromatic carbocycles. The summed E-state index contributed by atoms with van der Waals surface area (Å²) in [7, 11) is 0. The molecule has 44 valence electrons. The van der Waals surface area contributed by atoms with E-state index < -0.39 is 0 Å². The van der Waals surface area contributed by atoms with Gasteiger partial charge < -0.3 is 62.0 Å². The molecule has 7 heteroatoms. The van der Waals surface area contributed by atoms with Gasteiger partial charge in [-0.3, -0.25) is 0 Å². The van der Waals surface area contributed by atoms with Gasteiger partial charge in [-0.05, 0) is 0 Å². The Kier molecular flexibility index (Phi) is 406. The third kappa shape index (κ3) is 37.0. The Morgan fingerprint density at radius 1 is 0.429 bits per heavy atom. The van der Waals surface area contributed by atoms with E-state index in [0.717, 1.165) is 0 Å². The van der Waals surface area contributed by atoms with Crippen LogP contribution in [0.1, 0.15) is 0 Å². The molecule has 0 saturated carbocycles. The maximum absolute atomic E-state index is 0. The number of hydrogen-bond acceptors (Lipinski definition) is 0. The Bertz CT molecular complexity index is 8.04.